The molecule has 4 aromatic heterocycles. The van der Waals surface area contributed by atoms with Gasteiger partial charge in [-0.25, -0.2) is 29.9 Å². The van der Waals surface area contributed by atoms with Gasteiger partial charge in [-0.05, 0) is 0 Å². The van der Waals surface area contributed by atoms with Crippen molar-refractivity contribution < 1.29 is 14.9 Å². The number of aliphatic hydroxyl groups is 2. The molecule has 1 aliphatic rings. The van der Waals surface area contributed by atoms with Crippen LogP contribution in [0.5, 0.6) is 0 Å². The summed E-state index contributed by atoms with van der Waals surface area (Å²) in [6.45, 7) is 0. The van der Waals surface area contributed by atoms with Crippen molar-refractivity contribution in [2.45, 2.75) is 29.6 Å². The second-order valence-electron chi connectivity index (χ2n) is 6.22. The van der Waals surface area contributed by atoms with Crippen LogP contribution in [0.4, 0.5) is 5.82 Å². The number of aliphatic hydroxyl groups excluding tert-OH is 2. The molecule has 12 nitrogen and oxygen atoms in total. The highest BCUT2D eigenvalue weighted by molar-refractivity contribution is 7.99. The summed E-state index contributed by atoms with van der Waals surface area (Å²) < 4.78 is 7.47. The van der Waals surface area contributed by atoms with Gasteiger partial charge >= 0.3 is 0 Å². The molecule has 28 heavy (non-hydrogen) atoms. The number of anilines is 1. The number of aromatic nitrogens is 8. The molecule has 4 aromatic rings. The smallest absolute Gasteiger partial charge is 0.181 e. The summed E-state index contributed by atoms with van der Waals surface area (Å²) in [6, 6.07) is 0. The molecule has 1 fully saturated rings. The quantitative estimate of drug-likeness (QED) is 0.256. The van der Waals surface area contributed by atoms with Gasteiger partial charge in [-0.1, -0.05) is 0 Å². The van der Waals surface area contributed by atoms with Crippen molar-refractivity contribution in [3.63, 3.8) is 0 Å². The Balaban J connectivity index is 1.37. The van der Waals surface area contributed by atoms with E-state index in [0.717, 1.165) is 0 Å². The van der Waals surface area contributed by atoms with Crippen molar-refractivity contribution in [3.05, 3.63) is 25.3 Å². The largest absolute Gasteiger partial charge is 0.387 e. The van der Waals surface area contributed by atoms with Gasteiger partial charge in [0.15, 0.2) is 23.3 Å². The maximum absolute atomic E-state index is 10.5. The number of hydrogen-bond acceptors (Lipinski definition) is 11. The predicted molar refractivity (Wildman–Crippen MR) is 98.1 cm³/mol. The van der Waals surface area contributed by atoms with Gasteiger partial charge in [0.05, 0.1) is 18.8 Å². The molecule has 13 heteroatoms. The zero-order valence-corrected chi connectivity index (χ0v) is 15.1. The molecule has 0 aliphatic carbocycles. The zero-order valence-electron chi connectivity index (χ0n) is 14.2. The minimum absolute atomic E-state index is 0.233. The Morgan fingerprint density at radius 2 is 1.96 bits per heavy atom. The number of nitrogens with zero attached hydrogens (tertiary/aromatic N) is 7. The van der Waals surface area contributed by atoms with Crippen LogP contribution < -0.4 is 5.73 Å². The molecule has 0 spiro atoms. The summed E-state index contributed by atoms with van der Waals surface area (Å²) in [5.41, 5.74) is 7.91. The predicted octanol–water partition coefficient (Wildman–Crippen LogP) is -0.514. The van der Waals surface area contributed by atoms with Crippen molar-refractivity contribution in [2.75, 3.05) is 11.5 Å². The maximum atomic E-state index is 10.5. The third kappa shape index (κ3) is 2.67. The fraction of sp³-hybridized carbons (Fsp3) is 0.333. The van der Waals surface area contributed by atoms with Crippen LogP contribution in [0, 0.1) is 0 Å². The lowest BCUT2D eigenvalue weighted by Crippen LogP contribution is -2.32. The van der Waals surface area contributed by atoms with Crippen LogP contribution >= 0.6 is 11.8 Å². The van der Waals surface area contributed by atoms with E-state index < -0.39 is 24.5 Å². The van der Waals surface area contributed by atoms with Crippen LogP contribution in [0.15, 0.2) is 30.3 Å². The van der Waals surface area contributed by atoms with Crippen LogP contribution in [0.3, 0.4) is 0 Å². The highest BCUT2D eigenvalue weighted by atomic mass is 32.2. The lowest BCUT2D eigenvalue weighted by molar-refractivity contribution is -0.0289. The monoisotopic (exact) mass is 401 g/mol. The third-order valence-corrected chi connectivity index (χ3v) is 5.65. The summed E-state index contributed by atoms with van der Waals surface area (Å²) in [5.74, 6) is 0.597. The fourth-order valence-electron chi connectivity index (χ4n) is 3.17. The SMILES string of the molecule is Nc1ncnc2c1ncn2[C@@H]1O[C@H](CSc2ncnc3nc[nH]c23)[C@@H](O)[C@H]1O. The molecular weight excluding hydrogens is 386 g/mol. The van der Waals surface area contributed by atoms with Crippen molar-refractivity contribution in [3.8, 4) is 0 Å². The minimum atomic E-state index is -1.16. The fourth-order valence-corrected chi connectivity index (χ4v) is 4.18. The van der Waals surface area contributed by atoms with Gasteiger partial charge in [0.1, 0.15) is 40.9 Å². The first-order chi connectivity index (χ1) is 13.6. The standard InChI is InChI=1S/C15H15N9O3S/c16-11-7-13(21-3-18-11)24(5-23-7)15-10(26)9(25)6(27-15)1-28-14-8-12(19-2-17-8)20-4-22-14/h2-6,9-10,15,25-26H,1H2,(H2,16,18,21)(H,17,19,20,22)/t6-,9-,10-,15-/m1/s1. The Bertz CT molecular complexity index is 1150. The van der Waals surface area contributed by atoms with E-state index in [9.17, 15) is 10.2 Å². The average molecular weight is 401 g/mol. The van der Waals surface area contributed by atoms with Gasteiger partial charge in [0.25, 0.3) is 0 Å². The number of ether oxygens (including phenoxy) is 1. The number of H-pyrrole nitrogens is 1. The number of aromatic amines is 1. The molecule has 1 saturated heterocycles. The Morgan fingerprint density at radius 1 is 1.11 bits per heavy atom. The van der Waals surface area contributed by atoms with Crippen LogP contribution in [0.25, 0.3) is 22.3 Å². The Hall–Kier alpha value is -2.87. The molecule has 0 bridgehead atoms. The van der Waals surface area contributed by atoms with E-state index in [1.807, 2.05) is 0 Å². The Labute approximate surface area is 161 Å². The van der Waals surface area contributed by atoms with E-state index in [1.165, 1.54) is 30.7 Å². The average Bonchev–Trinajstić information content (AvgIpc) is 3.40. The molecule has 144 valence electrons. The second-order valence-corrected chi connectivity index (χ2v) is 7.23. The Morgan fingerprint density at radius 3 is 2.86 bits per heavy atom. The summed E-state index contributed by atoms with van der Waals surface area (Å²) in [7, 11) is 0. The van der Waals surface area contributed by atoms with E-state index in [2.05, 4.69) is 34.9 Å². The molecule has 4 atom stereocenters. The van der Waals surface area contributed by atoms with E-state index in [4.69, 9.17) is 10.5 Å². The number of nitrogens with two attached hydrogens (primary N) is 1. The number of thioether (sulfide) groups is 1. The molecule has 0 saturated carbocycles. The summed E-state index contributed by atoms with van der Waals surface area (Å²) in [4.78, 5) is 27.6. The van der Waals surface area contributed by atoms with Crippen molar-refractivity contribution in [1.82, 2.24) is 39.5 Å². The van der Waals surface area contributed by atoms with Crippen LogP contribution in [0.1, 0.15) is 6.23 Å². The van der Waals surface area contributed by atoms with E-state index in [1.54, 1.807) is 10.9 Å². The van der Waals surface area contributed by atoms with Crippen molar-refractivity contribution in [2.24, 2.45) is 0 Å². The molecule has 0 aromatic carbocycles. The number of imidazole rings is 2. The van der Waals surface area contributed by atoms with Gasteiger partial charge in [-0.2, -0.15) is 0 Å². The second kappa shape index (κ2) is 6.63. The summed E-state index contributed by atoms with van der Waals surface area (Å²) in [6.07, 6.45) is 2.02. The van der Waals surface area contributed by atoms with Gasteiger partial charge in [-0.3, -0.25) is 4.57 Å². The summed E-state index contributed by atoms with van der Waals surface area (Å²) >= 11 is 1.37. The molecular formula is C15H15N9O3S. The lowest BCUT2D eigenvalue weighted by atomic mass is 10.1. The van der Waals surface area contributed by atoms with Crippen LogP contribution in [0.2, 0.25) is 0 Å². The van der Waals surface area contributed by atoms with Gasteiger partial charge in [0.2, 0.25) is 0 Å². The lowest BCUT2D eigenvalue weighted by Gasteiger charge is -2.16. The molecule has 0 unspecified atom stereocenters. The number of rotatable bonds is 4. The minimum Gasteiger partial charge on any atom is -0.387 e. The first-order valence-electron chi connectivity index (χ1n) is 8.35. The highest BCUT2D eigenvalue weighted by Crippen LogP contribution is 2.34. The first-order valence-corrected chi connectivity index (χ1v) is 9.33. The molecule has 0 radical (unpaired) electrons. The molecule has 5 N–H and O–H groups in total. The van der Waals surface area contributed by atoms with E-state index >= 15 is 0 Å². The van der Waals surface area contributed by atoms with Gasteiger partial charge in [-0.15, -0.1) is 11.8 Å². The molecule has 5 heterocycles. The van der Waals surface area contributed by atoms with E-state index in [0.29, 0.717) is 33.1 Å². The van der Waals surface area contributed by atoms with Gasteiger partial charge in [0, 0.05) is 5.75 Å². The number of nitrogens with one attached hydrogen (secondary N) is 1. The summed E-state index contributed by atoms with van der Waals surface area (Å²) in [5, 5.41) is 21.7. The Kier molecular flexibility index (Phi) is 4.08. The van der Waals surface area contributed by atoms with Gasteiger partial charge < -0.3 is 25.7 Å². The zero-order chi connectivity index (χ0) is 19.3. The molecule has 5 rings (SSSR count). The maximum Gasteiger partial charge on any atom is 0.181 e. The van der Waals surface area contributed by atoms with E-state index in [-0.39, 0.29) is 5.82 Å². The third-order valence-electron chi connectivity index (χ3n) is 4.57. The van der Waals surface area contributed by atoms with Crippen LogP contribution in [-0.4, -0.2) is 73.7 Å². The normalized spacial score (nSPS) is 25.1. The highest BCUT2D eigenvalue weighted by Gasteiger charge is 2.44. The van der Waals surface area contributed by atoms with Crippen LogP contribution in [-0.2, 0) is 4.74 Å². The number of hydrogen-bond donors (Lipinski definition) is 4. The van der Waals surface area contributed by atoms with Crippen molar-refractivity contribution in [1.29, 1.82) is 0 Å². The molecule has 0 amide bonds. The number of fused-ring (bicyclic) bond motifs is 2. The van der Waals surface area contributed by atoms with Crippen molar-refractivity contribution >= 4 is 39.9 Å². The molecule has 1 aliphatic heterocycles. The topological polar surface area (TPSA) is 174 Å². The first kappa shape index (κ1) is 17.2. The number of nitrogen functional groups attached to an aromatic ring is 1.